The summed E-state index contributed by atoms with van der Waals surface area (Å²) in [6, 6.07) is 6.45. The van der Waals surface area contributed by atoms with Crippen LogP contribution in [0.1, 0.15) is 39.7 Å². The molecule has 1 atom stereocenters. The lowest BCUT2D eigenvalue weighted by Gasteiger charge is -2.20. The van der Waals surface area contributed by atoms with Crippen molar-refractivity contribution in [2.24, 2.45) is 5.41 Å². The summed E-state index contributed by atoms with van der Waals surface area (Å²) in [5, 5.41) is 21.1. The first kappa shape index (κ1) is 16.8. The Morgan fingerprint density at radius 3 is 2.62 bits per heavy atom. The summed E-state index contributed by atoms with van der Waals surface area (Å²) in [6.07, 6.45) is 0.458. The highest BCUT2D eigenvalue weighted by Gasteiger charge is 2.16. The fourth-order valence-electron chi connectivity index (χ4n) is 1.67. The van der Waals surface area contributed by atoms with Crippen molar-refractivity contribution in [3.05, 3.63) is 23.8 Å². The Kier molecular flexibility index (Phi) is 5.60. The minimum absolute atomic E-state index is 0.000259. The van der Waals surface area contributed by atoms with E-state index in [-0.39, 0.29) is 5.41 Å². The summed E-state index contributed by atoms with van der Waals surface area (Å²) in [7, 11) is 0. The Labute approximate surface area is 125 Å². The molecule has 0 heterocycles. The predicted molar refractivity (Wildman–Crippen MR) is 81.4 cm³/mol. The molecule has 0 aliphatic carbocycles. The molecule has 0 radical (unpaired) electrons. The lowest BCUT2D eigenvalue weighted by Crippen LogP contribution is -2.28. The van der Waals surface area contributed by atoms with Crippen LogP contribution in [0.3, 0.4) is 0 Å². The Morgan fingerprint density at radius 2 is 2.14 bits per heavy atom. The molecule has 1 aromatic rings. The molecule has 0 spiro atoms. The highest BCUT2D eigenvalue weighted by atomic mass is 16.5. The second-order valence-electron chi connectivity index (χ2n) is 6.12. The summed E-state index contributed by atoms with van der Waals surface area (Å²) in [6.45, 7) is 8.44. The van der Waals surface area contributed by atoms with Gasteiger partial charge in [0.15, 0.2) is 0 Å². The number of aliphatic carboxylic acids is 1. The van der Waals surface area contributed by atoms with E-state index in [1.54, 1.807) is 25.1 Å². The average Bonchev–Trinajstić information content (AvgIpc) is 2.41. The van der Waals surface area contributed by atoms with Gasteiger partial charge in [-0.2, -0.15) is 5.26 Å². The van der Waals surface area contributed by atoms with Crippen molar-refractivity contribution < 1.29 is 14.6 Å². The first-order valence-corrected chi connectivity index (χ1v) is 6.93. The number of ether oxygens (including phenoxy) is 1. The number of hydrogen-bond donors (Lipinski definition) is 2. The van der Waals surface area contributed by atoms with Crippen molar-refractivity contribution in [3.8, 4) is 11.8 Å². The minimum Gasteiger partial charge on any atom is -0.492 e. The number of hydrogen-bond acceptors (Lipinski definition) is 4. The van der Waals surface area contributed by atoms with E-state index in [2.05, 4.69) is 11.4 Å². The molecule has 2 N–H and O–H groups in total. The third kappa shape index (κ3) is 5.35. The molecule has 114 valence electrons. The number of nitrogens with zero attached hydrogens (tertiary/aromatic N) is 1. The quantitative estimate of drug-likeness (QED) is 0.840. The fourth-order valence-corrected chi connectivity index (χ4v) is 1.67. The van der Waals surface area contributed by atoms with Gasteiger partial charge >= 0.3 is 5.97 Å². The van der Waals surface area contributed by atoms with Gasteiger partial charge in [0.25, 0.3) is 0 Å². The maximum absolute atomic E-state index is 11.0. The number of anilines is 1. The largest absolute Gasteiger partial charge is 0.492 e. The number of nitriles is 1. The summed E-state index contributed by atoms with van der Waals surface area (Å²) in [5.74, 6) is -0.398. The van der Waals surface area contributed by atoms with E-state index in [0.717, 1.165) is 0 Å². The molecule has 5 heteroatoms. The van der Waals surface area contributed by atoms with Crippen molar-refractivity contribution in [3.63, 3.8) is 0 Å². The van der Waals surface area contributed by atoms with Crippen molar-refractivity contribution in [1.82, 2.24) is 0 Å². The molecule has 1 unspecified atom stereocenters. The van der Waals surface area contributed by atoms with Gasteiger partial charge < -0.3 is 15.2 Å². The van der Waals surface area contributed by atoms with Crippen LogP contribution < -0.4 is 10.1 Å². The van der Waals surface area contributed by atoms with Gasteiger partial charge in [0.05, 0.1) is 12.2 Å². The highest BCUT2D eigenvalue weighted by Crippen LogP contribution is 2.25. The zero-order valence-electron chi connectivity index (χ0n) is 12.9. The SMILES string of the molecule is CCC(Nc1ccc(OCC(C)(C)C)c(C#N)c1)C(=O)O. The molecular formula is C16H22N2O3. The van der Waals surface area contributed by atoms with Gasteiger partial charge in [0.2, 0.25) is 0 Å². The van der Waals surface area contributed by atoms with E-state index >= 15 is 0 Å². The Balaban J connectivity index is 2.89. The molecule has 0 aromatic heterocycles. The molecule has 0 bridgehead atoms. The molecule has 0 fully saturated rings. The Morgan fingerprint density at radius 1 is 1.48 bits per heavy atom. The normalized spacial score (nSPS) is 12.3. The van der Waals surface area contributed by atoms with Crippen LogP contribution in [0.5, 0.6) is 5.75 Å². The van der Waals surface area contributed by atoms with Crippen LogP contribution in [0, 0.1) is 16.7 Å². The molecule has 0 aliphatic heterocycles. The molecule has 0 aliphatic rings. The number of benzene rings is 1. The monoisotopic (exact) mass is 290 g/mol. The third-order valence-electron chi connectivity index (χ3n) is 2.81. The molecule has 1 aromatic carbocycles. The Bertz CT molecular complexity index is 541. The lowest BCUT2D eigenvalue weighted by molar-refractivity contribution is -0.137. The standard InChI is InChI=1S/C16H22N2O3/c1-5-13(15(19)20)18-12-6-7-14(11(8-12)9-17)21-10-16(2,3)4/h6-8,13,18H,5,10H2,1-4H3,(H,19,20). The second kappa shape index (κ2) is 6.98. The van der Waals surface area contributed by atoms with E-state index in [1.165, 1.54) is 0 Å². The van der Waals surface area contributed by atoms with E-state index in [0.29, 0.717) is 30.0 Å². The van der Waals surface area contributed by atoms with Crippen LogP contribution in [0.4, 0.5) is 5.69 Å². The van der Waals surface area contributed by atoms with E-state index in [1.807, 2.05) is 20.8 Å². The zero-order valence-corrected chi connectivity index (χ0v) is 12.9. The summed E-state index contributed by atoms with van der Waals surface area (Å²) in [5.41, 5.74) is 0.994. The van der Waals surface area contributed by atoms with Gasteiger partial charge in [-0.1, -0.05) is 27.7 Å². The first-order chi connectivity index (χ1) is 9.76. The number of carbonyl (C=O) groups is 1. The summed E-state index contributed by atoms with van der Waals surface area (Å²) >= 11 is 0. The lowest BCUT2D eigenvalue weighted by atomic mass is 9.98. The van der Waals surface area contributed by atoms with Crippen LogP contribution >= 0.6 is 0 Å². The van der Waals surface area contributed by atoms with Crippen LogP contribution in [0.2, 0.25) is 0 Å². The predicted octanol–water partition coefficient (Wildman–Crippen LogP) is 3.26. The van der Waals surface area contributed by atoms with E-state index in [4.69, 9.17) is 9.84 Å². The van der Waals surface area contributed by atoms with Gasteiger partial charge in [-0.05, 0) is 30.0 Å². The molecule has 0 amide bonds. The van der Waals surface area contributed by atoms with Crippen molar-refractivity contribution >= 4 is 11.7 Å². The molecule has 0 saturated heterocycles. The van der Waals surface area contributed by atoms with Gasteiger partial charge in [-0.3, -0.25) is 0 Å². The second-order valence-corrected chi connectivity index (χ2v) is 6.12. The maximum Gasteiger partial charge on any atom is 0.326 e. The van der Waals surface area contributed by atoms with Crippen LogP contribution in [-0.2, 0) is 4.79 Å². The summed E-state index contributed by atoms with van der Waals surface area (Å²) < 4.78 is 5.66. The number of rotatable bonds is 6. The van der Waals surface area contributed by atoms with Crippen LogP contribution in [-0.4, -0.2) is 23.7 Å². The van der Waals surface area contributed by atoms with Crippen molar-refractivity contribution in [2.45, 2.75) is 40.2 Å². The number of carboxylic acids is 1. The van der Waals surface area contributed by atoms with Crippen molar-refractivity contribution in [1.29, 1.82) is 5.26 Å². The van der Waals surface area contributed by atoms with Gasteiger partial charge in [0.1, 0.15) is 17.9 Å². The fraction of sp³-hybridized carbons (Fsp3) is 0.500. The maximum atomic E-state index is 11.0. The van der Waals surface area contributed by atoms with E-state index in [9.17, 15) is 10.1 Å². The topological polar surface area (TPSA) is 82.3 Å². The number of carboxylic acid groups (broad SMARTS) is 1. The van der Waals surface area contributed by atoms with Crippen molar-refractivity contribution in [2.75, 3.05) is 11.9 Å². The highest BCUT2D eigenvalue weighted by molar-refractivity contribution is 5.77. The van der Waals surface area contributed by atoms with Crippen LogP contribution in [0.25, 0.3) is 0 Å². The van der Waals surface area contributed by atoms with Gasteiger partial charge in [-0.25, -0.2) is 4.79 Å². The molecule has 21 heavy (non-hydrogen) atoms. The molecular weight excluding hydrogens is 268 g/mol. The smallest absolute Gasteiger partial charge is 0.326 e. The van der Waals surface area contributed by atoms with Crippen LogP contribution in [0.15, 0.2) is 18.2 Å². The molecule has 5 nitrogen and oxygen atoms in total. The number of nitrogens with one attached hydrogen (secondary N) is 1. The van der Waals surface area contributed by atoms with E-state index < -0.39 is 12.0 Å². The van der Waals surface area contributed by atoms with Gasteiger partial charge in [-0.15, -0.1) is 0 Å². The molecule has 1 rings (SSSR count). The minimum atomic E-state index is -0.913. The molecule has 0 saturated carbocycles. The average molecular weight is 290 g/mol. The third-order valence-corrected chi connectivity index (χ3v) is 2.81. The first-order valence-electron chi connectivity index (χ1n) is 6.93. The Hall–Kier alpha value is -2.22. The summed E-state index contributed by atoms with van der Waals surface area (Å²) in [4.78, 5) is 11.0. The zero-order chi connectivity index (χ0) is 16.0. The van der Waals surface area contributed by atoms with Gasteiger partial charge in [0, 0.05) is 5.69 Å².